The molecule has 98 valence electrons. The molecule has 2 aromatic rings. The second-order valence-corrected chi connectivity index (χ2v) is 5.13. The first-order chi connectivity index (χ1) is 8.97. The minimum absolute atomic E-state index is 0.00379. The van der Waals surface area contributed by atoms with Crippen molar-refractivity contribution in [3.8, 4) is 0 Å². The molecule has 0 bridgehead atoms. The fourth-order valence-corrected chi connectivity index (χ4v) is 2.28. The molecule has 0 saturated carbocycles. The van der Waals surface area contributed by atoms with E-state index >= 15 is 0 Å². The van der Waals surface area contributed by atoms with E-state index in [2.05, 4.69) is 0 Å². The molecule has 0 amide bonds. The summed E-state index contributed by atoms with van der Waals surface area (Å²) >= 11 is 11.8. The molecule has 0 aromatic heterocycles. The standard InChI is InChI=1S/C14H11Cl2NO2/c1-9-3-2-4-10(5-9)6-11-7-12(15)13(16)8-14(11)17(18)19/h2-5,7-8H,6H2,1H3. The molecule has 0 aliphatic carbocycles. The quantitative estimate of drug-likeness (QED) is 0.603. The number of nitro benzene ring substituents is 1. The molecule has 0 saturated heterocycles. The van der Waals surface area contributed by atoms with Crippen LogP contribution in [-0.4, -0.2) is 4.92 Å². The summed E-state index contributed by atoms with van der Waals surface area (Å²) < 4.78 is 0. The Morgan fingerprint density at radius 3 is 2.47 bits per heavy atom. The number of hydrogen-bond donors (Lipinski definition) is 0. The summed E-state index contributed by atoms with van der Waals surface area (Å²) in [5.74, 6) is 0. The highest BCUT2D eigenvalue weighted by molar-refractivity contribution is 6.42. The zero-order valence-electron chi connectivity index (χ0n) is 10.2. The van der Waals surface area contributed by atoms with E-state index in [1.54, 1.807) is 6.07 Å². The number of aryl methyl sites for hydroxylation is 1. The molecular formula is C14H11Cl2NO2. The maximum absolute atomic E-state index is 11.0. The Morgan fingerprint density at radius 2 is 1.84 bits per heavy atom. The fraction of sp³-hybridized carbons (Fsp3) is 0.143. The molecule has 0 aliphatic rings. The monoisotopic (exact) mass is 295 g/mol. The Labute approximate surface area is 120 Å². The predicted octanol–water partition coefficient (Wildman–Crippen LogP) is 4.80. The van der Waals surface area contributed by atoms with Gasteiger partial charge >= 0.3 is 0 Å². The summed E-state index contributed by atoms with van der Waals surface area (Å²) in [4.78, 5) is 10.6. The van der Waals surface area contributed by atoms with Crippen LogP contribution in [0.25, 0.3) is 0 Å². The largest absolute Gasteiger partial charge is 0.274 e. The van der Waals surface area contributed by atoms with E-state index in [0.717, 1.165) is 11.1 Å². The predicted molar refractivity (Wildman–Crippen MR) is 77.1 cm³/mol. The Bertz CT molecular complexity index is 641. The van der Waals surface area contributed by atoms with Crippen molar-refractivity contribution in [3.63, 3.8) is 0 Å². The van der Waals surface area contributed by atoms with Gasteiger partial charge in [0.1, 0.15) is 0 Å². The van der Waals surface area contributed by atoms with E-state index in [4.69, 9.17) is 23.2 Å². The van der Waals surface area contributed by atoms with Crippen LogP contribution in [0.15, 0.2) is 36.4 Å². The second kappa shape index (κ2) is 5.59. The molecule has 0 heterocycles. The summed E-state index contributed by atoms with van der Waals surface area (Å²) in [6, 6.07) is 10.7. The number of benzene rings is 2. The molecule has 3 nitrogen and oxygen atoms in total. The molecule has 5 heteroatoms. The lowest BCUT2D eigenvalue weighted by Gasteiger charge is -2.06. The molecule has 0 radical (unpaired) electrons. The number of nitro groups is 1. The molecule has 0 aliphatic heterocycles. The van der Waals surface area contributed by atoms with Gasteiger partial charge in [0.05, 0.1) is 15.0 Å². The molecule has 0 N–H and O–H groups in total. The van der Waals surface area contributed by atoms with Crippen LogP contribution in [0.1, 0.15) is 16.7 Å². The van der Waals surface area contributed by atoms with Crippen molar-refractivity contribution in [1.29, 1.82) is 0 Å². The number of rotatable bonds is 3. The van der Waals surface area contributed by atoms with E-state index in [1.165, 1.54) is 6.07 Å². The summed E-state index contributed by atoms with van der Waals surface area (Å²) in [5, 5.41) is 11.6. The average Bonchev–Trinajstić information content (AvgIpc) is 2.33. The van der Waals surface area contributed by atoms with Crippen molar-refractivity contribution >= 4 is 28.9 Å². The number of nitrogens with zero attached hydrogens (tertiary/aromatic N) is 1. The lowest BCUT2D eigenvalue weighted by atomic mass is 10.0. The van der Waals surface area contributed by atoms with Crippen LogP contribution >= 0.6 is 23.2 Å². The minimum Gasteiger partial charge on any atom is -0.258 e. The smallest absolute Gasteiger partial charge is 0.258 e. The van der Waals surface area contributed by atoms with Gasteiger partial charge in [0, 0.05) is 18.1 Å². The Morgan fingerprint density at radius 1 is 1.16 bits per heavy atom. The van der Waals surface area contributed by atoms with Crippen LogP contribution in [0.5, 0.6) is 0 Å². The van der Waals surface area contributed by atoms with E-state index in [0.29, 0.717) is 17.0 Å². The van der Waals surface area contributed by atoms with Crippen molar-refractivity contribution in [2.45, 2.75) is 13.3 Å². The van der Waals surface area contributed by atoms with Gasteiger partial charge in [0.15, 0.2) is 0 Å². The third kappa shape index (κ3) is 3.25. The van der Waals surface area contributed by atoms with Crippen molar-refractivity contribution < 1.29 is 4.92 Å². The highest BCUT2D eigenvalue weighted by atomic mass is 35.5. The van der Waals surface area contributed by atoms with Crippen LogP contribution < -0.4 is 0 Å². The van der Waals surface area contributed by atoms with Crippen molar-refractivity contribution in [2.75, 3.05) is 0 Å². The van der Waals surface area contributed by atoms with E-state index in [1.807, 2.05) is 31.2 Å². The maximum Gasteiger partial charge on any atom is 0.274 e. The van der Waals surface area contributed by atoms with Crippen LogP contribution in [0.2, 0.25) is 10.0 Å². The Hall–Kier alpha value is -1.58. The van der Waals surface area contributed by atoms with Crippen LogP contribution in [0, 0.1) is 17.0 Å². The topological polar surface area (TPSA) is 43.1 Å². The first-order valence-electron chi connectivity index (χ1n) is 5.65. The zero-order chi connectivity index (χ0) is 14.0. The van der Waals surface area contributed by atoms with E-state index in [9.17, 15) is 10.1 Å². The minimum atomic E-state index is -0.437. The summed E-state index contributed by atoms with van der Waals surface area (Å²) in [6.45, 7) is 1.98. The van der Waals surface area contributed by atoms with Gasteiger partial charge in [-0.25, -0.2) is 0 Å². The van der Waals surface area contributed by atoms with E-state index < -0.39 is 4.92 Å². The normalized spacial score (nSPS) is 10.5. The van der Waals surface area contributed by atoms with Gasteiger partial charge in [0.2, 0.25) is 0 Å². The van der Waals surface area contributed by atoms with Gasteiger partial charge in [-0.3, -0.25) is 10.1 Å². The lowest BCUT2D eigenvalue weighted by Crippen LogP contribution is -1.97. The highest BCUT2D eigenvalue weighted by Gasteiger charge is 2.17. The average molecular weight is 296 g/mol. The molecular weight excluding hydrogens is 285 g/mol. The van der Waals surface area contributed by atoms with Gasteiger partial charge in [0.25, 0.3) is 5.69 Å². The SMILES string of the molecule is Cc1cccc(Cc2cc(Cl)c(Cl)cc2[N+](=O)[O-])c1. The summed E-state index contributed by atoms with van der Waals surface area (Å²) in [5.41, 5.74) is 2.67. The van der Waals surface area contributed by atoms with Gasteiger partial charge in [-0.1, -0.05) is 53.0 Å². The van der Waals surface area contributed by atoms with Gasteiger partial charge in [-0.2, -0.15) is 0 Å². The van der Waals surface area contributed by atoms with Gasteiger partial charge in [-0.05, 0) is 18.6 Å². The van der Waals surface area contributed by atoms with Crippen LogP contribution in [-0.2, 0) is 6.42 Å². The molecule has 19 heavy (non-hydrogen) atoms. The number of hydrogen-bond acceptors (Lipinski definition) is 2. The Kier molecular flexibility index (Phi) is 4.08. The van der Waals surface area contributed by atoms with Crippen LogP contribution in [0.3, 0.4) is 0 Å². The fourth-order valence-electron chi connectivity index (χ4n) is 1.93. The number of halogens is 2. The first kappa shape index (κ1) is 13.8. The summed E-state index contributed by atoms with van der Waals surface area (Å²) in [7, 11) is 0. The third-order valence-electron chi connectivity index (χ3n) is 2.80. The van der Waals surface area contributed by atoms with Gasteiger partial charge in [-0.15, -0.1) is 0 Å². The first-order valence-corrected chi connectivity index (χ1v) is 6.41. The lowest BCUT2D eigenvalue weighted by molar-refractivity contribution is -0.385. The van der Waals surface area contributed by atoms with Crippen molar-refractivity contribution in [2.24, 2.45) is 0 Å². The second-order valence-electron chi connectivity index (χ2n) is 4.32. The van der Waals surface area contributed by atoms with Crippen LogP contribution in [0.4, 0.5) is 5.69 Å². The molecule has 2 rings (SSSR count). The molecule has 0 unspecified atom stereocenters. The third-order valence-corrected chi connectivity index (χ3v) is 3.52. The molecule has 2 aromatic carbocycles. The highest BCUT2D eigenvalue weighted by Crippen LogP contribution is 2.31. The summed E-state index contributed by atoms with van der Waals surface area (Å²) in [6.07, 6.45) is 0.453. The Balaban J connectivity index is 2.44. The van der Waals surface area contributed by atoms with Crippen molar-refractivity contribution in [1.82, 2.24) is 0 Å². The molecule has 0 fully saturated rings. The van der Waals surface area contributed by atoms with Crippen molar-refractivity contribution in [3.05, 3.63) is 73.2 Å². The maximum atomic E-state index is 11.0. The molecule has 0 atom stereocenters. The zero-order valence-corrected chi connectivity index (χ0v) is 11.7. The molecule has 0 spiro atoms. The van der Waals surface area contributed by atoms with Gasteiger partial charge < -0.3 is 0 Å². The van der Waals surface area contributed by atoms with E-state index in [-0.39, 0.29) is 10.7 Å².